The van der Waals surface area contributed by atoms with Crippen molar-refractivity contribution < 1.29 is 9.90 Å². The second kappa shape index (κ2) is 3.92. The number of carbonyl (C=O) groups is 1. The molecule has 1 aromatic rings. The van der Waals surface area contributed by atoms with E-state index in [9.17, 15) is 4.79 Å². The Morgan fingerprint density at radius 3 is 2.67 bits per heavy atom. The zero-order chi connectivity index (χ0) is 9.14. The fraction of sp³-hybridized carbons (Fsp3) is 0.125. The highest BCUT2D eigenvalue weighted by atomic mass is 79.9. The SMILES string of the molecule is O=C(CBr)c1cc(O)cc(Cl)c1. The summed E-state index contributed by atoms with van der Waals surface area (Å²) in [7, 11) is 0. The number of aromatic hydroxyl groups is 1. The van der Waals surface area contributed by atoms with Gasteiger partial charge in [0.1, 0.15) is 5.75 Å². The minimum Gasteiger partial charge on any atom is -0.508 e. The van der Waals surface area contributed by atoms with E-state index in [-0.39, 0.29) is 16.9 Å². The lowest BCUT2D eigenvalue weighted by Crippen LogP contribution is -1.98. The molecular formula is C8H6BrClO2. The van der Waals surface area contributed by atoms with Crippen molar-refractivity contribution in [3.05, 3.63) is 28.8 Å². The van der Waals surface area contributed by atoms with Gasteiger partial charge in [-0.2, -0.15) is 0 Å². The van der Waals surface area contributed by atoms with Crippen LogP contribution in [0.3, 0.4) is 0 Å². The van der Waals surface area contributed by atoms with E-state index in [1.807, 2.05) is 0 Å². The van der Waals surface area contributed by atoms with Crippen LogP contribution in [0.4, 0.5) is 0 Å². The molecule has 4 heteroatoms. The molecule has 0 aliphatic rings. The zero-order valence-electron chi connectivity index (χ0n) is 6.05. The molecule has 0 unspecified atom stereocenters. The summed E-state index contributed by atoms with van der Waals surface area (Å²) in [6.07, 6.45) is 0. The van der Waals surface area contributed by atoms with Crippen molar-refractivity contribution in [1.29, 1.82) is 0 Å². The Balaban J connectivity index is 3.08. The van der Waals surface area contributed by atoms with Crippen LogP contribution < -0.4 is 0 Å². The van der Waals surface area contributed by atoms with Gasteiger partial charge in [-0.15, -0.1) is 0 Å². The molecule has 1 aromatic carbocycles. The number of phenolic OH excluding ortho intramolecular Hbond substituents is 1. The zero-order valence-corrected chi connectivity index (χ0v) is 8.39. The summed E-state index contributed by atoms with van der Waals surface area (Å²) >= 11 is 8.65. The van der Waals surface area contributed by atoms with Crippen LogP contribution in [0, 0.1) is 0 Å². The second-order valence-corrected chi connectivity index (χ2v) is 3.25. The molecule has 0 saturated carbocycles. The molecule has 0 amide bonds. The van der Waals surface area contributed by atoms with Crippen molar-refractivity contribution in [2.75, 3.05) is 5.33 Å². The fourth-order valence-electron chi connectivity index (χ4n) is 0.812. The molecule has 1 N–H and O–H groups in total. The third kappa shape index (κ3) is 2.22. The molecule has 0 aliphatic heterocycles. The van der Waals surface area contributed by atoms with Gasteiger partial charge in [-0.3, -0.25) is 4.79 Å². The molecule has 0 saturated heterocycles. The number of phenols is 1. The summed E-state index contributed by atoms with van der Waals surface area (Å²) < 4.78 is 0. The third-order valence-electron chi connectivity index (χ3n) is 1.33. The Morgan fingerprint density at radius 2 is 2.17 bits per heavy atom. The summed E-state index contributed by atoms with van der Waals surface area (Å²) in [4.78, 5) is 11.1. The van der Waals surface area contributed by atoms with Crippen LogP contribution in [0.2, 0.25) is 5.02 Å². The average Bonchev–Trinajstić information content (AvgIpc) is 2.01. The van der Waals surface area contributed by atoms with E-state index in [4.69, 9.17) is 16.7 Å². The Morgan fingerprint density at radius 1 is 1.50 bits per heavy atom. The number of halogens is 2. The molecular weight excluding hydrogens is 243 g/mol. The molecule has 0 spiro atoms. The minimum absolute atomic E-state index is 0.00630. The number of carbonyl (C=O) groups excluding carboxylic acids is 1. The van der Waals surface area contributed by atoms with Crippen LogP contribution >= 0.6 is 27.5 Å². The minimum atomic E-state index is -0.104. The lowest BCUT2D eigenvalue weighted by atomic mass is 10.1. The van der Waals surface area contributed by atoms with Crippen molar-refractivity contribution in [2.24, 2.45) is 0 Å². The highest BCUT2D eigenvalue weighted by Crippen LogP contribution is 2.20. The monoisotopic (exact) mass is 248 g/mol. The first-order valence-corrected chi connectivity index (χ1v) is 4.72. The van der Waals surface area contributed by atoms with Gasteiger partial charge < -0.3 is 5.11 Å². The summed E-state index contributed by atoms with van der Waals surface area (Å²) in [5, 5.41) is 9.68. The Labute approximate surface area is 83.3 Å². The van der Waals surface area contributed by atoms with Gasteiger partial charge in [0.15, 0.2) is 5.78 Å². The number of alkyl halides is 1. The average molecular weight is 249 g/mol. The maximum absolute atomic E-state index is 11.1. The topological polar surface area (TPSA) is 37.3 Å². The number of rotatable bonds is 2. The number of ketones is 1. The largest absolute Gasteiger partial charge is 0.508 e. The Hall–Kier alpha value is -0.540. The summed E-state index contributed by atoms with van der Waals surface area (Å²) in [6.45, 7) is 0. The summed E-state index contributed by atoms with van der Waals surface area (Å²) in [5.74, 6) is -0.0976. The summed E-state index contributed by atoms with van der Waals surface area (Å²) in [5.41, 5.74) is 0.414. The lowest BCUT2D eigenvalue weighted by molar-refractivity contribution is 0.102. The number of Topliss-reactive ketones (excluding diaryl/α,β-unsaturated/α-hetero) is 1. The Bertz CT molecular complexity index is 292. The van der Waals surface area contributed by atoms with Gasteiger partial charge in [0.05, 0.1) is 5.33 Å². The molecule has 12 heavy (non-hydrogen) atoms. The first-order chi connectivity index (χ1) is 5.63. The van der Waals surface area contributed by atoms with Gasteiger partial charge in [0.25, 0.3) is 0 Å². The van der Waals surface area contributed by atoms with E-state index in [0.717, 1.165) is 0 Å². The third-order valence-corrected chi connectivity index (χ3v) is 2.05. The van der Waals surface area contributed by atoms with E-state index >= 15 is 0 Å². The van der Waals surface area contributed by atoms with Crippen molar-refractivity contribution in [1.82, 2.24) is 0 Å². The molecule has 2 nitrogen and oxygen atoms in total. The van der Waals surface area contributed by atoms with Crippen LogP contribution in [-0.4, -0.2) is 16.2 Å². The molecule has 0 radical (unpaired) electrons. The van der Waals surface area contributed by atoms with Gasteiger partial charge in [-0.05, 0) is 18.2 Å². The van der Waals surface area contributed by atoms with E-state index in [1.165, 1.54) is 18.2 Å². The molecule has 0 atom stereocenters. The molecule has 0 aliphatic carbocycles. The predicted octanol–water partition coefficient (Wildman–Crippen LogP) is 2.62. The number of hydrogen-bond donors (Lipinski definition) is 1. The smallest absolute Gasteiger partial charge is 0.173 e. The Kier molecular flexibility index (Phi) is 3.12. The van der Waals surface area contributed by atoms with Crippen LogP contribution in [0.1, 0.15) is 10.4 Å². The maximum Gasteiger partial charge on any atom is 0.173 e. The highest BCUT2D eigenvalue weighted by molar-refractivity contribution is 9.09. The number of benzene rings is 1. The first-order valence-electron chi connectivity index (χ1n) is 3.22. The molecule has 0 aromatic heterocycles. The van der Waals surface area contributed by atoms with Crippen LogP contribution in [0.15, 0.2) is 18.2 Å². The van der Waals surface area contributed by atoms with E-state index in [2.05, 4.69) is 15.9 Å². The molecule has 1 rings (SSSR count). The predicted molar refractivity (Wildman–Crippen MR) is 51.2 cm³/mol. The van der Waals surface area contributed by atoms with E-state index in [0.29, 0.717) is 10.6 Å². The molecule has 0 bridgehead atoms. The van der Waals surface area contributed by atoms with Crippen molar-refractivity contribution >= 4 is 33.3 Å². The maximum atomic E-state index is 11.1. The number of hydrogen-bond acceptors (Lipinski definition) is 2. The van der Waals surface area contributed by atoms with Crippen LogP contribution in [0.5, 0.6) is 5.75 Å². The first kappa shape index (κ1) is 9.55. The fourth-order valence-corrected chi connectivity index (χ4v) is 1.37. The highest BCUT2D eigenvalue weighted by Gasteiger charge is 2.05. The second-order valence-electron chi connectivity index (χ2n) is 2.25. The molecule has 0 fully saturated rings. The van der Waals surface area contributed by atoms with Crippen molar-refractivity contribution in [3.63, 3.8) is 0 Å². The molecule has 0 heterocycles. The van der Waals surface area contributed by atoms with Gasteiger partial charge in [-0.1, -0.05) is 27.5 Å². The van der Waals surface area contributed by atoms with Crippen molar-refractivity contribution in [3.8, 4) is 5.75 Å². The van der Waals surface area contributed by atoms with Crippen LogP contribution in [-0.2, 0) is 0 Å². The lowest BCUT2D eigenvalue weighted by Gasteiger charge is -1.99. The normalized spacial score (nSPS) is 9.83. The quantitative estimate of drug-likeness (QED) is 0.646. The van der Waals surface area contributed by atoms with E-state index < -0.39 is 0 Å². The van der Waals surface area contributed by atoms with Crippen molar-refractivity contribution in [2.45, 2.75) is 0 Å². The summed E-state index contributed by atoms with van der Waals surface area (Å²) in [6, 6.07) is 4.28. The van der Waals surface area contributed by atoms with Gasteiger partial charge >= 0.3 is 0 Å². The van der Waals surface area contributed by atoms with Gasteiger partial charge in [-0.25, -0.2) is 0 Å². The van der Waals surface area contributed by atoms with E-state index in [1.54, 1.807) is 0 Å². The van der Waals surface area contributed by atoms with Gasteiger partial charge in [0, 0.05) is 10.6 Å². The van der Waals surface area contributed by atoms with Gasteiger partial charge in [0.2, 0.25) is 0 Å². The van der Waals surface area contributed by atoms with Crippen LogP contribution in [0.25, 0.3) is 0 Å². The molecule has 64 valence electrons. The standard InChI is InChI=1S/C8H6BrClO2/c9-4-8(12)5-1-6(10)3-7(11)2-5/h1-3,11H,4H2.